The highest BCUT2D eigenvalue weighted by molar-refractivity contribution is 6.31. The fourth-order valence-corrected chi connectivity index (χ4v) is 4.01. The van der Waals surface area contributed by atoms with Gasteiger partial charge in [-0.05, 0) is 56.2 Å². The zero-order valence-electron chi connectivity index (χ0n) is 17.3. The highest BCUT2D eigenvalue weighted by Crippen LogP contribution is 2.28. The van der Waals surface area contributed by atoms with Crippen LogP contribution in [0.3, 0.4) is 0 Å². The summed E-state index contributed by atoms with van der Waals surface area (Å²) in [6, 6.07) is 15.3. The summed E-state index contributed by atoms with van der Waals surface area (Å²) in [6.45, 7) is 6.27. The van der Waals surface area contributed by atoms with Crippen LogP contribution < -0.4 is 11.3 Å². The quantitative estimate of drug-likeness (QED) is 0.605. The van der Waals surface area contributed by atoms with Gasteiger partial charge < -0.3 is 5.73 Å². The first kappa shape index (κ1) is 21.5. The molecule has 2 N–H and O–H groups in total. The number of hydrogen-bond donors (Lipinski definition) is 1. The molecule has 0 saturated carbocycles. The molecule has 3 rings (SSSR count). The van der Waals surface area contributed by atoms with Gasteiger partial charge in [0, 0.05) is 5.02 Å². The van der Waals surface area contributed by atoms with Crippen LogP contribution in [0.25, 0.3) is 10.9 Å². The number of nitrogens with zero attached hydrogens (tertiary/aromatic N) is 3. The summed E-state index contributed by atoms with van der Waals surface area (Å²) in [7, 11) is 2.07. The van der Waals surface area contributed by atoms with E-state index in [0.717, 1.165) is 24.4 Å². The number of hydrogen-bond acceptors (Lipinski definition) is 4. The fraction of sp³-hybridized carbons (Fsp3) is 0.391. The Morgan fingerprint density at radius 3 is 2.55 bits per heavy atom. The summed E-state index contributed by atoms with van der Waals surface area (Å²) in [5, 5.41) is 1.16. The molecule has 1 unspecified atom stereocenters. The van der Waals surface area contributed by atoms with Crippen molar-refractivity contribution in [2.24, 2.45) is 11.7 Å². The molecule has 154 valence electrons. The largest absolute Gasteiger partial charge is 0.330 e. The van der Waals surface area contributed by atoms with Gasteiger partial charge in [-0.1, -0.05) is 55.8 Å². The van der Waals surface area contributed by atoms with E-state index in [1.807, 2.05) is 34.9 Å². The molecule has 0 saturated heterocycles. The maximum absolute atomic E-state index is 13.5. The molecule has 1 aromatic heterocycles. The molecule has 0 aliphatic rings. The van der Waals surface area contributed by atoms with Crippen molar-refractivity contribution in [2.75, 3.05) is 20.1 Å². The van der Waals surface area contributed by atoms with Crippen LogP contribution in [0.15, 0.2) is 53.3 Å². The van der Waals surface area contributed by atoms with Gasteiger partial charge in [0.15, 0.2) is 0 Å². The Labute approximate surface area is 177 Å². The maximum Gasteiger partial charge on any atom is 0.261 e. The lowest BCUT2D eigenvalue weighted by Gasteiger charge is -2.32. The molecule has 29 heavy (non-hydrogen) atoms. The molecule has 0 fully saturated rings. The predicted octanol–water partition coefficient (Wildman–Crippen LogP) is 4.08. The standard InChI is InChI=1S/C23H29ClN4O/c1-16(2)21(27(3)13-7-12-25)22-26-20-14-18(24)10-11-19(20)23(29)28(22)15-17-8-5-4-6-9-17/h4-6,8-11,14,16,21H,7,12-13,15,25H2,1-3H3. The van der Waals surface area contributed by atoms with Crippen LogP contribution in [-0.2, 0) is 6.54 Å². The Balaban J connectivity index is 2.20. The van der Waals surface area contributed by atoms with Crippen molar-refractivity contribution in [1.29, 1.82) is 0 Å². The van der Waals surface area contributed by atoms with E-state index < -0.39 is 0 Å². The molecule has 1 heterocycles. The van der Waals surface area contributed by atoms with E-state index in [1.165, 1.54) is 0 Å². The molecule has 0 radical (unpaired) electrons. The van der Waals surface area contributed by atoms with Gasteiger partial charge in [-0.3, -0.25) is 14.3 Å². The number of fused-ring (bicyclic) bond motifs is 1. The van der Waals surface area contributed by atoms with Crippen molar-refractivity contribution in [2.45, 2.75) is 32.9 Å². The summed E-state index contributed by atoms with van der Waals surface area (Å²) in [4.78, 5) is 20.7. The Hall–Kier alpha value is -2.21. The first-order valence-electron chi connectivity index (χ1n) is 10.1. The topological polar surface area (TPSA) is 64.2 Å². The molecule has 0 aliphatic heterocycles. The van der Waals surface area contributed by atoms with Gasteiger partial charge in [-0.2, -0.15) is 0 Å². The smallest absolute Gasteiger partial charge is 0.261 e. The van der Waals surface area contributed by atoms with E-state index in [2.05, 4.69) is 25.8 Å². The van der Waals surface area contributed by atoms with E-state index >= 15 is 0 Å². The average Bonchev–Trinajstić information content (AvgIpc) is 2.69. The monoisotopic (exact) mass is 412 g/mol. The first-order valence-corrected chi connectivity index (χ1v) is 10.4. The Kier molecular flexibility index (Phi) is 7.06. The molecular formula is C23H29ClN4O. The van der Waals surface area contributed by atoms with Gasteiger partial charge >= 0.3 is 0 Å². The molecule has 5 nitrogen and oxygen atoms in total. The van der Waals surface area contributed by atoms with Crippen LogP contribution in [0, 0.1) is 5.92 Å². The average molecular weight is 413 g/mol. The lowest BCUT2D eigenvalue weighted by molar-refractivity contribution is 0.178. The number of rotatable bonds is 8. The number of halogens is 1. The molecule has 2 aromatic carbocycles. The van der Waals surface area contributed by atoms with Crippen molar-refractivity contribution in [1.82, 2.24) is 14.5 Å². The highest BCUT2D eigenvalue weighted by Gasteiger charge is 2.26. The second-order valence-electron chi connectivity index (χ2n) is 7.82. The summed E-state index contributed by atoms with van der Waals surface area (Å²) in [5.74, 6) is 1.03. The minimum absolute atomic E-state index is 0.0126. The van der Waals surface area contributed by atoms with Crippen molar-refractivity contribution in [3.63, 3.8) is 0 Å². The lowest BCUT2D eigenvalue weighted by Crippen LogP contribution is -2.37. The lowest BCUT2D eigenvalue weighted by atomic mass is 10.0. The van der Waals surface area contributed by atoms with Gasteiger partial charge in [0.2, 0.25) is 0 Å². The Morgan fingerprint density at radius 1 is 1.17 bits per heavy atom. The van der Waals surface area contributed by atoms with Gasteiger partial charge in [0.1, 0.15) is 5.82 Å². The van der Waals surface area contributed by atoms with Crippen LogP contribution >= 0.6 is 11.6 Å². The van der Waals surface area contributed by atoms with Crippen LogP contribution in [0.4, 0.5) is 0 Å². The summed E-state index contributed by atoms with van der Waals surface area (Å²) in [5.41, 5.74) is 7.39. The molecule has 6 heteroatoms. The minimum Gasteiger partial charge on any atom is -0.330 e. The van der Waals surface area contributed by atoms with Crippen LogP contribution in [0.5, 0.6) is 0 Å². The summed E-state index contributed by atoms with van der Waals surface area (Å²) in [6.07, 6.45) is 0.891. The molecule has 0 bridgehead atoms. The van der Waals surface area contributed by atoms with Crippen molar-refractivity contribution < 1.29 is 0 Å². The zero-order chi connectivity index (χ0) is 21.0. The van der Waals surface area contributed by atoms with E-state index in [4.69, 9.17) is 22.3 Å². The van der Waals surface area contributed by atoms with Crippen LogP contribution in [0.1, 0.15) is 37.7 Å². The molecule has 3 aromatic rings. The third-order valence-corrected chi connectivity index (χ3v) is 5.45. The van der Waals surface area contributed by atoms with E-state index in [0.29, 0.717) is 29.0 Å². The van der Waals surface area contributed by atoms with Crippen molar-refractivity contribution >= 4 is 22.5 Å². The normalized spacial score (nSPS) is 12.8. The molecule has 0 aliphatic carbocycles. The maximum atomic E-state index is 13.5. The Morgan fingerprint density at radius 2 is 1.90 bits per heavy atom. The van der Waals surface area contributed by atoms with Gasteiger partial charge in [0.25, 0.3) is 5.56 Å². The van der Waals surface area contributed by atoms with E-state index in [-0.39, 0.29) is 17.5 Å². The minimum atomic E-state index is -0.0385. The summed E-state index contributed by atoms with van der Waals surface area (Å²) < 4.78 is 1.81. The van der Waals surface area contributed by atoms with Gasteiger partial charge in [-0.25, -0.2) is 4.98 Å². The number of aromatic nitrogens is 2. The zero-order valence-corrected chi connectivity index (χ0v) is 18.1. The number of benzene rings is 2. The summed E-state index contributed by atoms with van der Waals surface area (Å²) >= 11 is 6.19. The SMILES string of the molecule is CC(C)C(c1nc2cc(Cl)ccc2c(=O)n1Cc1ccccc1)N(C)CCCN. The first-order chi connectivity index (χ1) is 13.9. The fourth-order valence-electron chi connectivity index (χ4n) is 3.84. The van der Waals surface area contributed by atoms with Crippen LogP contribution in [0.2, 0.25) is 5.02 Å². The molecule has 0 amide bonds. The third kappa shape index (κ3) is 4.86. The van der Waals surface area contributed by atoms with Crippen molar-refractivity contribution in [3.8, 4) is 0 Å². The second-order valence-corrected chi connectivity index (χ2v) is 8.26. The van der Waals surface area contributed by atoms with Gasteiger partial charge in [-0.15, -0.1) is 0 Å². The van der Waals surface area contributed by atoms with Gasteiger partial charge in [0.05, 0.1) is 23.5 Å². The molecular weight excluding hydrogens is 384 g/mol. The van der Waals surface area contributed by atoms with E-state index in [9.17, 15) is 4.79 Å². The highest BCUT2D eigenvalue weighted by atomic mass is 35.5. The predicted molar refractivity (Wildman–Crippen MR) is 120 cm³/mol. The van der Waals surface area contributed by atoms with E-state index in [1.54, 1.807) is 18.2 Å². The third-order valence-electron chi connectivity index (χ3n) is 5.22. The van der Waals surface area contributed by atoms with Crippen LogP contribution in [-0.4, -0.2) is 34.6 Å². The van der Waals surface area contributed by atoms with Crippen molar-refractivity contribution in [3.05, 3.63) is 75.3 Å². The molecule has 1 atom stereocenters. The second kappa shape index (κ2) is 9.53. The number of nitrogens with two attached hydrogens (primary N) is 1. The Bertz CT molecular complexity index is 1020. The molecule has 0 spiro atoms.